The maximum atomic E-state index is 12.1. The molecule has 0 aliphatic carbocycles. The highest BCUT2D eigenvalue weighted by atomic mass is 35.5. The van der Waals surface area contributed by atoms with Crippen molar-refractivity contribution < 1.29 is 14.3 Å². The number of esters is 1. The summed E-state index contributed by atoms with van der Waals surface area (Å²) in [4.78, 5) is 23.1. The number of hydrogen-bond donors (Lipinski definition) is 1. The Balaban J connectivity index is 2.23. The summed E-state index contributed by atoms with van der Waals surface area (Å²) in [6.07, 6.45) is -1.03. The van der Waals surface area contributed by atoms with Crippen LogP contribution in [-0.2, 0) is 16.1 Å². The van der Waals surface area contributed by atoms with Crippen LogP contribution in [0.5, 0.6) is 0 Å². The molecule has 0 aliphatic heterocycles. The Morgan fingerprint density at radius 1 is 1.30 bits per heavy atom. The molecular formula is C16H18ClN3O3. The van der Waals surface area contributed by atoms with Crippen molar-refractivity contribution in [2.45, 2.75) is 33.4 Å². The van der Waals surface area contributed by atoms with Gasteiger partial charge in [-0.1, -0.05) is 41.4 Å². The van der Waals surface area contributed by atoms with E-state index in [-0.39, 0.29) is 10.7 Å². The van der Waals surface area contributed by atoms with Crippen molar-refractivity contribution in [1.29, 1.82) is 0 Å². The minimum absolute atomic E-state index is 0.145. The highest BCUT2D eigenvalue weighted by Crippen LogP contribution is 2.22. The molecule has 2 aromatic rings. The average molecular weight is 336 g/mol. The second-order valence-corrected chi connectivity index (χ2v) is 5.70. The molecule has 0 fully saturated rings. The minimum Gasteiger partial charge on any atom is -0.449 e. The van der Waals surface area contributed by atoms with Crippen LogP contribution in [0.3, 0.4) is 0 Å². The lowest BCUT2D eigenvalue weighted by atomic mass is 10.1. The summed E-state index contributed by atoms with van der Waals surface area (Å²) in [6, 6.07) is 7.91. The largest absolute Gasteiger partial charge is 0.449 e. The zero-order valence-corrected chi connectivity index (χ0v) is 13.9. The van der Waals surface area contributed by atoms with E-state index in [1.807, 2.05) is 31.2 Å². The van der Waals surface area contributed by atoms with E-state index < -0.39 is 18.0 Å². The smallest absolute Gasteiger partial charge is 0.343 e. The monoisotopic (exact) mass is 335 g/mol. The lowest BCUT2D eigenvalue weighted by Gasteiger charge is -2.09. The fourth-order valence-corrected chi connectivity index (χ4v) is 2.35. The lowest BCUT2D eigenvalue weighted by Crippen LogP contribution is -2.30. The quantitative estimate of drug-likeness (QED) is 0.849. The van der Waals surface area contributed by atoms with Crippen molar-refractivity contribution >= 4 is 23.5 Å². The Hall–Kier alpha value is -2.34. The topological polar surface area (TPSA) is 87.2 Å². The van der Waals surface area contributed by atoms with Gasteiger partial charge in [-0.2, -0.15) is 5.10 Å². The minimum atomic E-state index is -1.03. The Kier molecular flexibility index (Phi) is 5.05. The van der Waals surface area contributed by atoms with E-state index in [4.69, 9.17) is 22.1 Å². The van der Waals surface area contributed by atoms with Crippen LogP contribution in [0.2, 0.25) is 5.15 Å². The predicted octanol–water partition coefficient (Wildman–Crippen LogP) is 2.23. The van der Waals surface area contributed by atoms with E-state index in [0.29, 0.717) is 12.2 Å². The van der Waals surface area contributed by atoms with E-state index >= 15 is 0 Å². The van der Waals surface area contributed by atoms with Gasteiger partial charge >= 0.3 is 5.97 Å². The molecule has 0 radical (unpaired) electrons. The summed E-state index contributed by atoms with van der Waals surface area (Å²) in [6.45, 7) is 5.49. The molecule has 1 aromatic carbocycles. The summed E-state index contributed by atoms with van der Waals surface area (Å²) < 4.78 is 6.51. The van der Waals surface area contributed by atoms with Crippen molar-refractivity contribution in [2.75, 3.05) is 0 Å². The molecule has 7 heteroatoms. The van der Waals surface area contributed by atoms with Crippen LogP contribution in [-0.4, -0.2) is 27.8 Å². The normalized spacial score (nSPS) is 12.0. The van der Waals surface area contributed by atoms with Crippen LogP contribution < -0.4 is 5.73 Å². The van der Waals surface area contributed by atoms with E-state index in [9.17, 15) is 9.59 Å². The molecule has 122 valence electrons. The number of aryl methyl sites for hydroxylation is 2. The third-order valence-corrected chi connectivity index (χ3v) is 3.79. The van der Waals surface area contributed by atoms with Crippen LogP contribution in [0.15, 0.2) is 24.3 Å². The first kappa shape index (κ1) is 17.0. The zero-order valence-electron chi connectivity index (χ0n) is 13.2. The summed E-state index contributed by atoms with van der Waals surface area (Å²) in [7, 11) is 0. The van der Waals surface area contributed by atoms with Crippen molar-refractivity contribution in [3.8, 4) is 0 Å². The number of nitrogens with zero attached hydrogens (tertiary/aromatic N) is 2. The molecule has 1 atom stereocenters. The maximum Gasteiger partial charge on any atom is 0.343 e. The van der Waals surface area contributed by atoms with E-state index in [1.54, 1.807) is 6.92 Å². The van der Waals surface area contributed by atoms with Gasteiger partial charge in [-0.3, -0.25) is 4.79 Å². The van der Waals surface area contributed by atoms with Gasteiger partial charge < -0.3 is 10.5 Å². The van der Waals surface area contributed by atoms with Crippen LogP contribution in [0.25, 0.3) is 0 Å². The van der Waals surface area contributed by atoms with Crippen molar-refractivity contribution in [3.05, 3.63) is 51.8 Å². The van der Waals surface area contributed by atoms with Crippen LogP contribution in [0.1, 0.15) is 34.1 Å². The van der Waals surface area contributed by atoms with Crippen molar-refractivity contribution in [1.82, 2.24) is 9.78 Å². The van der Waals surface area contributed by atoms with Gasteiger partial charge in [0, 0.05) is 0 Å². The number of aromatic nitrogens is 2. The number of amides is 1. The standard InChI is InChI=1S/C16H18ClN3O3/c1-9-4-6-12(7-5-9)8-20-14(17)13(10(2)19-20)16(22)23-11(3)15(18)21/h4-7,11H,8H2,1-3H3,(H2,18,21)/t11-/m1/s1. The molecule has 6 nitrogen and oxygen atoms in total. The summed E-state index contributed by atoms with van der Waals surface area (Å²) >= 11 is 6.25. The van der Waals surface area contributed by atoms with Crippen LogP contribution >= 0.6 is 11.6 Å². The molecule has 23 heavy (non-hydrogen) atoms. The Morgan fingerprint density at radius 3 is 2.48 bits per heavy atom. The van der Waals surface area contributed by atoms with E-state index in [1.165, 1.54) is 11.6 Å². The summed E-state index contributed by atoms with van der Waals surface area (Å²) in [5.74, 6) is -1.44. The average Bonchev–Trinajstić information content (AvgIpc) is 2.75. The second kappa shape index (κ2) is 6.83. The van der Waals surface area contributed by atoms with Crippen molar-refractivity contribution in [3.63, 3.8) is 0 Å². The van der Waals surface area contributed by atoms with Crippen molar-refractivity contribution in [2.24, 2.45) is 5.73 Å². The number of carbonyl (C=O) groups excluding carboxylic acids is 2. The number of nitrogens with two attached hydrogens (primary N) is 1. The van der Waals surface area contributed by atoms with Gasteiger partial charge in [0.05, 0.1) is 12.2 Å². The van der Waals surface area contributed by atoms with Crippen LogP contribution in [0.4, 0.5) is 0 Å². The summed E-state index contributed by atoms with van der Waals surface area (Å²) in [5.41, 5.74) is 7.83. The SMILES string of the molecule is Cc1ccc(Cn2nc(C)c(C(=O)O[C@H](C)C(N)=O)c2Cl)cc1. The van der Waals surface area contributed by atoms with Gasteiger partial charge in [-0.25, -0.2) is 9.48 Å². The first-order valence-electron chi connectivity index (χ1n) is 7.08. The molecule has 1 heterocycles. The molecular weight excluding hydrogens is 318 g/mol. The van der Waals surface area contributed by atoms with E-state index in [2.05, 4.69) is 5.10 Å². The molecule has 0 aliphatic rings. The molecule has 1 amide bonds. The molecule has 2 rings (SSSR count). The van der Waals surface area contributed by atoms with Gasteiger partial charge in [-0.05, 0) is 26.3 Å². The molecule has 0 bridgehead atoms. The predicted molar refractivity (Wildman–Crippen MR) is 86.3 cm³/mol. The number of ether oxygens (including phenoxy) is 1. The van der Waals surface area contributed by atoms with Gasteiger partial charge in [-0.15, -0.1) is 0 Å². The first-order chi connectivity index (χ1) is 10.8. The maximum absolute atomic E-state index is 12.1. The third kappa shape index (κ3) is 3.90. The Labute approximate surface area is 139 Å². The highest BCUT2D eigenvalue weighted by Gasteiger charge is 2.24. The second-order valence-electron chi connectivity index (χ2n) is 5.34. The number of primary amides is 1. The molecule has 0 saturated carbocycles. The lowest BCUT2D eigenvalue weighted by molar-refractivity contribution is -0.125. The fraction of sp³-hybridized carbons (Fsp3) is 0.312. The van der Waals surface area contributed by atoms with Gasteiger partial charge in [0.15, 0.2) is 6.10 Å². The Bertz CT molecular complexity index is 738. The van der Waals surface area contributed by atoms with Crippen LogP contribution in [0, 0.1) is 13.8 Å². The van der Waals surface area contributed by atoms with E-state index in [0.717, 1.165) is 11.1 Å². The number of halogens is 1. The zero-order chi connectivity index (χ0) is 17.1. The number of carbonyl (C=O) groups is 2. The third-order valence-electron chi connectivity index (χ3n) is 3.41. The van der Waals surface area contributed by atoms with Gasteiger partial charge in [0.25, 0.3) is 5.91 Å². The molecule has 2 N–H and O–H groups in total. The molecule has 0 unspecified atom stereocenters. The fourth-order valence-electron chi connectivity index (χ4n) is 2.03. The summed E-state index contributed by atoms with van der Waals surface area (Å²) in [5, 5.41) is 4.44. The molecule has 1 aromatic heterocycles. The molecule has 0 saturated heterocycles. The number of hydrogen-bond acceptors (Lipinski definition) is 4. The number of rotatable bonds is 5. The highest BCUT2D eigenvalue weighted by molar-refractivity contribution is 6.32. The molecule has 0 spiro atoms. The number of benzene rings is 1. The Morgan fingerprint density at radius 2 is 1.91 bits per heavy atom. The van der Waals surface area contributed by atoms with Gasteiger partial charge in [0.2, 0.25) is 0 Å². The van der Waals surface area contributed by atoms with Gasteiger partial charge in [0.1, 0.15) is 10.7 Å². The first-order valence-corrected chi connectivity index (χ1v) is 7.46.